The zero-order chi connectivity index (χ0) is 17.2. The first-order valence-corrected chi connectivity index (χ1v) is 8.27. The number of ether oxygens (including phenoxy) is 1. The zero-order valence-corrected chi connectivity index (χ0v) is 14.6. The maximum absolute atomic E-state index is 12.1. The topological polar surface area (TPSA) is 66.8 Å². The lowest BCUT2D eigenvalue weighted by atomic mass is 10.2. The van der Waals surface area contributed by atoms with E-state index in [9.17, 15) is 9.59 Å². The van der Waals surface area contributed by atoms with Crippen LogP contribution in [0.4, 0.5) is 0 Å². The summed E-state index contributed by atoms with van der Waals surface area (Å²) in [6.45, 7) is 3.11. The van der Waals surface area contributed by atoms with Crippen LogP contribution in [0.1, 0.15) is 32.6 Å². The van der Waals surface area contributed by atoms with Gasteiger partial charge in [0.05, 0.1) is 18.1 Å². The molecule has 1 amide bonds. The number of nitrogens with zero attached hydrogens (tertiary/aromatic N) is 1. The van der Waals surface area contributed by atoms with E-state index in [-0.39, 0.29) is 18.9 Å². The van der Waals surface area contributed by atoms with Crippen LogP contribution in [0, 0.1) is 0 Å². The summed E-state index contributed by atoms with van der Waals surface area (Å²) in [6.07, 6.45) is 1.60. The Hall–Kier alpha value is -1.46. The Morgan fingerprint density at radius 3 is 2.57 bits per heavy atom. The van der Waals surface area contributed by atoms with Gasteiger partial charge in [0.1, 0.15) is 5.75 Å². The van der Waals surface area contributed by atoms with Crippen LogP contribution in [-0.4, -0.2) is 41.6 Å². The average molecular weight is 362 g/mol. The SMILES string of the molecule is CCCN(CCC(=O)O)C(=O)CCCOc1ccc(Cl)cc1Cl. The van der Waals surface area contributed by atoms with Gasteiger partial charge in [0.15, 0.2) is 0 Å². The molecular weight excluding hydrogens is 341 g/mol. The molecule has 0 aromatic heterocycles. The number of aliphatic carboxylic acids is 1. The van der Waals surface area contributed by atoms with Gasteiger partial charge in [-0.15, -0.1) is 0 Å². The average Bonchev–Trinajstić information content (AvgIpc) is 2.49. The highest BCUT2D eigenvalue weighted by Crippen LogP contribution is 2.27. The second-order valence-corrected chi connectivity index (χ2v) is 5.89. The highest BCUT2D eigenvalue weighted by atomic mass is 35.5. The van der Waals surface area contributed by atoms with Crippen molar-refractivity contribution in [2.24, 2.45) is 0 Å². The number of amides is 1. The van der Waals surface area contributed by atoms with E-state index in [0.717, 1.165) is 6.42 Å². The molecule has 5 nitrogen and oxygen atoms in total. The predicted octanol–water partition coefficient (Wildman–Crippen LogP) is 3.87. The molecule has 0 radical (unpaired) electrons. The Labute approximate surface area is 146 Å². The number of hydrogen-bond donors (Lipinski definition) is 1. The van der Waals surface area contributed by atoms with Crippen LogP contribution >= 0.6 is 23.2 Å². The number of carboxylic acid groups (broad SMARTS) is 1. The van der Waals surface area contributed by atoms with Crippen LogP contribution in [-0.2, 0) is 9.59 Å². The number of hydrogen-bond acceptors (Lipinski definition) is 3. The quantitative estimate of drug-likeness (QED) is 0.642. The number of benzene rings is 1. The van der Waals surface area contributed by atoms with Gasteiger partial charge in [-0.1, -0.05) is 30.1 Å². The highest BCUT2D eigenvalue weighted by Gasteiger charge is 2.13. The Balaban J connectivity index is 2.37. The molecule has 0 saturated heterocycles. The Morgan fingerprint density at radius 1 is 1.22 bits per heavy atom. The van der Waals surface area contributed by atoms with Gasteiger partial charge in [-0.25, -0.2) is 0 Å². The van der Waals surface area contributed by atoms with E-state index in [0.29, 0.717) is 41.8 Å². The van der Waals surface area contributed by atoms with Gasteiger partial charge in [0.2, 0.25) is 5.91 Å². The van der Waals surface area contributed by atoms with Gasteiger partial charge in [-0.2, -0.15) is 0 Å². The molecule has 0 saturated carbocycles. The Kier molecular flexibility index (Phi) is 8.81. The number of rotatable bonds is 10. The van der Waals surface area contributed by atoms with E-state index in [2.05, 4.69) is 0 Å². The largest absolute Gasteiger partial charge is 0.492 e. The summed E-state index contributed by atoms with van der Waals surface area (Å²) in [5, 5.41) is 9.68. The summed E-state index contributed by atoms with van der Waals surface area (Å²) in [7, 11) is 0. The van der Waals surface area contributed by atoms with Crippen LogP contribution in [0.2, 0.25) is 10.0 Å². The molecule has 0 aliphatic heterocycles. The number of carbonyl (C=O) groups excluding carboxylic acids is 1. The second kappa shape index (κ2) is 10.3. The normalized spacial score (nSPS) is 10.4. The summed E-state index contributed by atoms with van der Waals surface area (Å²) in [5.41, 5.74) is 0. The molecule has 0 atom stereocenters. The lowest BCUT2D eigenvalue weighted by Crippen LogP contribution is -2.33. The third kappa shape index (κ3) is 7.57. The fourth-order valence-electron chi connectivity index (χ4n) is 2.02. The van der Waals surface area contributed by atoms with E-state index in [4.69, 9.17) is 33.0 Å². The molecule has 1 N–H and O–H groups in total. The van der Waals surface area contributed by atoms with Crippen molar-refractivity contribution in [3.05, 3.63) is 28.2 Å². The first kappa shape index (κ1) is 19.6. The van der Waals surface area contributed by atoms with Crippen molar-refractivity contribution in [3.8, 4) is 5.75 Å². The van der Waals surface area contributed by atoms with Crippen LogP contribution in [0.3, 0.4) is 0 Å². The van der Waals surface area contributed by atoms with Gasteiger partial charge in [-0.3, -0.25) is 9.59 Å². The third-order valence-electron chi connectivity index (χ3n) is 3.13. The third-order valence-corrected chi connectivity index (χ3v) is 3.66. The highest BCUT2D eigenvalue weighted by molar-refractivity contribution is 6.35. The maximum Gasteiger partial charge on any atom is 0.305 e. The lowest BCUT2D eigenvalue weighted by molar-refractivity contribution is -0.138. The Morgan fingerprint density at radius 2 is 1.96 bits per heavy atom. The summed E-state index contributed by atoms with van der Waals surface area (Å²) in [5.74, 6) is -0.432. The zero-order valence-electron chi connectivity index (χ0n) is 13.1. The van der Waals surface area contributed by atoms with Crippen molar-refractivity contribution in [2.75, 3.05) is 19.7 Å². The molecule has 1 rings (SSSR count). The van der Waals surface area contributed by atoms with Gasteiger partial charge in [0, 0.05) is 24.5 Å². The molecule has 0 heterocycles. The first-order chi connectivity index (χ1) is 10.9. The van der Waals surface area contributed by atoms with Crippen LogP contribution in [0.25, 0.3) is 0 Å². The molecule has 0 bridgehead atoms. The van der Waals surface area contributed by atoms with E-state index in [1.54, 1.807) is 23.1 Å². The van der Waals surface area contributed by atoms with Gasteiger partial charge in [-0.05, 0) is 31.0 Å². The molecule has 0 spiro atoms. The van der Waals surface area contributed by atoms with Crippen molar-refractivity contribution in [3.63, 3.8) is 0 Å². The van der Waals surface area contributed by atoms with E-state index >= 15 is 0 Å². The molecule has 0 unspecified atom stereocenters. The maximum atomic E-state index is 12.1. The minimum absolute atomic E-state index is 0.0391. The molecule has 0 fully saturated rings. The predicted molar refractivity (Wildman–Crippen MR) is 90.3 cm³/mol. The van der Waals surface area contributed by atoms with E-state index in [1.807, 2.05) is 6.92 Å². The fraction of sp³-hybridized carbons (Fsp3) is 0.500. The summed E-state index contributed by atoms with van der Waals surface area (Å²) in [4.78, 5) is 24.3. The van der Waals surface area contributed by atoms with Crippen molar-refractivity contribution < 1.29 is 19.4 Å². The van der Waals surface area contributed by atoms with Crippen molar-refractivity contribution in [2.45, 2.75) is 32.6 Å². The second-order valence-electron chi connectivity index (χ2n) is 5.05. The number of carboxylic acids is 1. The lowest BCUT2D eigenvalue weighted by Gasteiger charge is -2.21. The van der Waals surface area contributed by atoms with Crippen molar-refractivity contribution in [1.82, 2.24) is 4.90 Å². The van der Waals surface area contributed by atoms with Crippen LogP contribution in [0.15, 0.2) is 18.2 Å². The molecule has 0 aliphatic rings. The number of carbonyl (C=O) groups is 2. The monoisotopic (exact) mass is 361 g/mol. The van der Waals surface area contributed by atoms with Gasteiger partial charge >= 0.3 is 5.97 Å². The Bertz CT molecular complexity index is 537. The summed E-state index contributed by atoms with van der Waals surface area (Å²) < 4.78 is 5.52. The van der Waals surface area contributed by atoms with Crippen LogP contribution in [0.5, 0.6) is 5.75 Å². The van der Waals surface area contributed by atoms with Crippen LogP contribution < -0.4 is 4.74 Å². The molecule has 7 heteroatoms. The van der Waals surface area contributed by atoms with E-state index in [1.165, 1.54) is 0 Å². The minimum Gasteiger partial charge on any atom is -0.492 e. The molecule has 23 heavy (non-hydrogen) atoms. The van der Waals surface area contributed by atoms with E-state index < -0.39 is 5.97 Å². The molecule has 1 aromatic carbocycles. The molecule has 1 aromatic rings. The molecular formula is C16H21Cl2NO4. The van der Waals surface area contributed by atoms with Crippen molar-refractivity contribution >= 4 is 35.1 Å². The fourth-order valence-corrected chi connectivity index (χ4v) is 2.48. The molecule has 0 aliphatic carbocycles. The van der Waals surface area contributed by atoms with Gasteiger partial charge in [0.25, 0.3) is 0 Å². The minimum atomic E-state index is -0.903. The smallest absolute Gasteiger partial charge is 0.305 e. The number of halogens is 2. The van der Waals surface area contributed by atoms with Crippen molar-refractivity contribution in [1.29, 1.82) is 0 Å². The van der Waals surface area contributed by atoms with Gasteiger partial charge < -0.3 is 14.7 Å². The summed E-state index contributed by atoms with van der Waals surface area (Å²) in [6, 6.07) is 4.96. The molecule has 128 valence electrons. The standard InChI is InChI=1S/C16H21Cl2NO4/c1-2-8-19(9-7-16(21)22)15(20)4-3-10-23-14-6-5-12(17)11-13(14)18/h5-6,11H,2-4,7-10H2,1H3,(H,21,22). The first-order valence-electron chi connectivity index (χ1n) is 7.51. The summed E-state index contributed by atoms with van der Waals surface area (Å²) >= 11 is 11.8.